The number of alkyl halides is 3. The second kappa shape index (κ2) is 12.7. The van der Waals surface area contributed by atoms with Gasteiger partial charge in [0.2, 0.25) is 0 Å². The number of imidazole rings is 1. The number of hydrogen-bond donors (Lipinski definition) is 1. The Morgan fingerprint density at radius 3 is 2.59 bits per heavy atom. The molecule has 0 bridgehead atoms. The third-order valence-corrected chi connectivity index (χ3v) is 7.44. The number of nitrogens with one attached hydrogen (secondary N) is 1. The smallest absolute Gasteiger partial charge is 0.405 e. The number of aromatic nitrogens is 4. The number of esters is 1. The molecule has 4 rings (SSSR count). The number of ether oxygens (including phenoxy) is 1. The van der Waals surface area contributed by atoms with Crippen molar-refractivity contribution in [2.24, 2.45) is 5.92 Å². The van der Waals surface area contributed by atoms with Crippen LogP contribution < -0.4 is 5.32 Å². The molecule has 0 saturated carbocycles. The second-order valence-corrected chi connectivity index (χ2v) is 10.2. The van der Waals surface area contributed by atoms with Crippen molar-refractivity contribution in [3.05, 3.63) is 30.4 Å². The van der Waals surface area contributed by atoms with Crippen LogP contribution in [-0.2, 0) is 16.3 Å². The molecular weight excluding hydrogens is 513 g/mol. The van der Waals surface area contributed by atoms with Crippen molar-refractivity contribution >= 4 is 28.8 Å². The SMILES string of the molecule is CCCCCCCCC(=O)OCn1ccc2c1ncc1ncc([C@H]3CN(C(=O)NCC(F)(F)F)C[C@H]3CC)n12. The van der Waals surface area contributed by atoms with Crippen LogP contribution in [0.1, 0.15) is 76.8 Å². The Kier molecular flexibility index (Phi) is 9.34. The molecule has 0 aliphatic carbocycles. The highest BCUT2D eigenvalue weighted by molar-refractivity contribution is 5.77. The van der Waals surface area contributed by atoms with Gasteiger partial charge >= 0.3 is 18.2 Å². The zero-order valence-electron chi connectivity index (χ0n) is 22.5. The maximum absolute atomic E-state index is 12.6. The molecule has 1 aliphatic rings. The Hall–Kier alpha value is -3.31. The zero-order valence-corrected chi connectivity index (χ0v) is 22.5. The van der Waals surface area contributed by atoms with Crippen LogP contribution in [0.2, 0.25) is 0 Å². The first-order chi connectivity index (χ1) is 18.7. The van der Waals surface area contributed by atoms with Gasteiger partial charge in [0.25, 0.3) is 0 Å². The molecule has 2 amide bonds. The minimum absolute atomic E-state index is 0.0505. The molecule has 1 aliphatic heterocycles. The summed E-state index contributed by atoms with van der Waals surface area (Å²) in [4.78, 5) is 35.2. The van der Waals surface area contributed by atoms with Gasteiger partial charge in [-0.25, -0.2) is 14.8 Å². The van der Waals surface area contributed by atoms with Crippen LogP contribution >= 0.6 is 0 Å². The van der Waals surface area contributed by atoms with Crippen molar-refractivity contribution in [3.63, 3.8) is 0 Å². The van der Waals surface area contributed by atoms with Crippen LogP contribution in [0, 0.1) is 5.92 Å². The first-order valence-electron chi connectivity index (χ1n) is 13.8. The lowest BCUT2D eigenvalue weighted by atomic mass is 9.91. The number of unbranched alkanes of at least 4 members (excludes halogenated alkanes) is 5. The lowest BCUT2D eigenvalue weighted by Gasteiger charge is -2.18. The van der Waals surface area contributed by atoms with Gasteiger partial charge in [0.15, 0.2) is 18.0 Å². The highest BCUT2D eigenvalue weighted by Crippen LogP contribution is 2.36. The number of nitrogens with zero attached hydrogens (tertiary/aromatic N) is 5. The number of halogens is 3. The van der Waals surface area contributed by atoms with E-state index in [0.29, 0.717) is 24.3 Å². The number of fused-ring (bicyclic) bond motifs is 3. The van der Waals surface area contributed by atoms with Crippen LogP contribution in [0.15, 0.2) is 24.7 Å². The molecule has 1 saturated heterocycles. The molecule has 12 heteroatoms. The van der Waals surface area contributed by atoms with Gasteiger partial charge in [0.1, 0.15) is 6.54 Å². The molecule has 1 fully saturated rings. The molecule has 214 valence electrons. The summed E-state index contributed by atoms with van der Waals surface area (Å²) in [6, 6.07) is 1.16. The first-order valence-corrected chi connectivity index (χ1v) is 13.8. The summed E-state index contributed by atoms with van der Waals surface area (Å²) in [6.07, 6.45) is 8.45. The maximum atomic E-state index is 12.6. The number of likely N-dealkylation sites (tertiary alicyclic amines) is 1. The summed E-state index contributed by atoms with van der Waals surface area (Å²) in [5.74, 6) is -0.280. The number of amides is 2. The maximum Gasteiger partial charge on any atom is 0.405 e. The van der Waals surface area contributed by atoms with Gasteiger partial charge in [-0.05, 0) is 18.4 Å². The van der Waals surface area contributed by atoms with Crippen LogP contribution in [0.5, 0.6) is 0 Å². The van der Waals surface area contributed by atoms with E-state index in [1.165, 1.54) is 24.2 Å². The Morgan fingerprint density at radius 2 is 1.85 bits per heavy atom. The zero-order chi connectivity index (χ0) is 28.0. The molecule has 9 nitrogen and oxygen atoms in total. The van der Waals surface area contributed by atoms with Crippen LogP contribution in [0.3, 0.4) is 0 Å². The van der Waals surface area contributed by atoms with Crippen molar-refractivity contribution in [2.75, 3.05) is 19.6 Å². The molecule has 3 aromatic heterocycles. The van der Waals surface area contributed by atoms with E-state index in [1.54, 1.807) is 17.0 Å². The van der Waals surface area contributed by atoms with Crippen LogP contribution in [0.25, 0.3) is 16.8 Å². The fraction of sp³-hybridized carbons (Fsp3) is 0.630. The Labute approximate surface area is 225 Å². The van der Waals surface area contributed by atoms with E-state index in [1.807, 2.05) is 28.9 Å². The molecule has 0 unspecified atom stereocenters. The summed E-state index contributed by atoms with van der Waals surface area (Å²) >= 11 is 0. The molecule has 0 radical (unpaired) electrons. The average Bonchev–Trinajstić information content (AvgIpc) is 3.63. The number of hydrogen-bond acceptors (Lipinski definition) is 5. The molecule has 3 aromatic rings. The Balaban J connectivity index is 1.45. The molecule has 39 heavy (non-hydrogen) atoms. The van der Waals surface area contributed by atoms with Gasteiger partial charge in [0, 0.05) is 43.5 Å². The van der Waals surface area contributed by atoms with Crippen molar-refractivity contribution in [3.8, 4) is 0 Å². The van der Waals surface area contributed by atoms with E-state index in [0.717, 1.165) is 36.9 Å². The van der Waals surface area contributed by atoms with Gasteiger partial charge in [0.05, 0.1) is 11.7 Å². The fourth-order valence-corrected chi connectivity index (χ4v) is 5.32. The van der Waals surface area contributed by atoms with E-state index >= 15 is 0 Å². The molecule has 2 atom stereocenters. The summed E-state index contributed by atoms with van der Waals surface area (Å²) < 4.78 is 47.0. The average molecular weight is 551 g/mol. The predicted octanol–water partition coefficient (Wildman–Crippen LogP) is 5.63. The van der Waals surface area contributed by atoms with E-state index < -0.39 is 18.8 Å². The Bertz CT molecular complexity index is 1270. The number of carbonyl (C=O) groups excluding carboxylic acids is 2. The van der Waals surface area contributed by atoms with E-state index in [-0.39, 0.29) is 31.1 Å². The van der Waals surface area contributed by atoms with Crippen molar-refractivity contribution in [2.45, 2.75) is 84.0 Å². The molecular formula is C27H37F3N6O3. The summed E-state index contributed by atoms with van der Waals surface area (Å²) in [5, 5.41) is 1.98. The van der Waals surface area contributed by atoms with E-state index in [4.69, 9.17) is 4.74 Å². The summed E-state index contributed by atoms with van der Waals surface area (Å²) in [7, 11) is 0. The van der Waals surface area contributed by atoms with Gasteiger partial charge in [-0.3, -0.25) is 13.8 Å². The molecule has 0 spiro atoms. The van der Waals surface area contributed by atoms with E-state index in [2.05, 4.69) is 16.9 Å². The topological polar surface area (TPSA) is 93.8 Å². The Morgan fingerprint density at radius 1 is 1.08 bits per heavy atom. The minimum Gasteiger partial charge on any atom is -0.444 e. The minimum atomic E-state index is -4.46. The standard InChI is InChI=1S/C27H37F3N6O3/c1-3-5-6-7-8-9-10-24(37)39-18-34-12-11-21-25(34)32-14-23-31-13-22(36(21)23)20-16-35(15-19(20)4-2)26(38)33-17-27(28,29)30/h11-14,19-20H,3-10,15-18H2,1-2H3,(H,33,38)/t19-,20+/m1/s1. The third-order valence-electron chi connectivity index (χ3n) is 7.44. The lowest BCUT2D eigenvalue weighted by Crippen LogP contribution is -2.42. The van der Waals surface area contributed by atoms with Gasteiger partial charge in [-0.2, -0.15) is 13.2 Å². The number of carbonyl (C=O) groups is 2. The highest BCUT2D eigenvalue weighted by atomic mass is 19.4. The first kappa shape index (κ1) is 28.7. The number of urea groups is 1. The third kappa shape index (κ3) is 7.02. The van der Waals surface area contributed by atoms with Crippen molar-refractivity contribution in [1.82, 2.24) is 29.2 Å². The highest BCUT2D eigenvalue weighted by Gasteiger charge is 2.38. The largest absolute Gasteiger partial charge is 0.444 e. The summed E-state index contributed by atoms with van der Waals surface area (Å²) in [5.41, 5.74) is 2.90. The van der Waals surface area contributed by atoms with Gasteiger partial charge < -0.3 is 15.0 Å². The second-order valence-electron chi connectivity index (χ2n) is 10.2. The number of rotatable bonds is 12. The molecule has 1 N–H and O–H groups in total. The molecule has 0 aromatic carbocycles. The van der Waals surface area contributed by atoms with Crippen LogP contribution in [0.4, 0.5) is 18.0 Å². The monoisotopic (exact) mass is 550 g/mol. The van der Waals surface area contributed by atoms with Crippen molar-refractivity contribution < 1.29 is 27.5 Å². The molecule has 4 heterocycles. The quantitative estimate of drug-likeness (QED) is 0.233. The predicted molar refractivity (Wildman–Crippen MR) is 140 cm³/mol. The van der Waals surface area contributed by atoms with E-state index in [9.17, 15) is 22.8 Å². The fourth-order valence-electron chi connectivity index (χ4n) is 5.32. The van der Waals surface area contributed by atoms with Gasteiger partial charge in [-0.1, -0.05) is 52.4 Å². The van der Waals surface area contributed by atoms with Crippen LogP contribution in [-0.4, -0.2) is 61.6 Å². The summed E-state index contributed by atoms with van der Waals surface area (Å²) in [6.45, 7) is 3.52. The van der Waals surface area contributed by atoms with Crippen molar-refractivity contribution in [1.29, 1.82) is 0 Å². The normalized spacial score (nSPS) is 17.8. The van der Waals surface area contributed by atoms with Gasteiger partial charge in [-0.15, -0.1) is 0 Å². The lowest BCUT2D eigenvalue weighted by molar-refractivity contribution is -0.147.